The van der Waals surface area contributed by atoms with Gasteiger partial charge in [0.1, 0.15) is 12.4 Å². The molecule has 0 saturated carbocycles. The molecule has 0 amide bonds. The molecule has 108 valence electrons. The molecule has 0 bridgehead atoms. The van der Waals surface area contributed by atoms with Crippen LogP contribution < -0.4 is 10.1 Å². The van der Waals surface area contributed by atoms with Crippen LogP contribution in [0.1, 0.15) is 12.5 Å². The van der Waals surface area contributed by atoms with Gasteiger partial charge in [-0.25, -0.2) is 0 Å². The van der Waals surface area contributed by atoms with Crippen LogP contribution in [-0.2, 0) is 10.9 Å². The highest BCUT2D eigenvalue weighted by molar-refractivity contribution is 5.35. The molecule has 0 saturated heterocycles. The molecule has 1 atom stereocenters. The third-order valence-electron chi connectivity index (χ3n) is 2.49. The van der Waals surface area contributed by atoms with E-state index in [1.807, 2.05) is 6.92 Å². The van der Waals surface area contributed by atoms with Crippen molar-refractivity contribution in [3.63, 3.8) is 0 Å². The van der Waals surface area contributed by atoms with Crippen molar-refractivity contribution in [3.05, 3.63) is 29.8 Å². The average molecular weight is 277 g/mol. The lowest BCUT2D eigenvalue weighted by atomic mass is 10.2. The van der Waals surface area contributed by atoms with Gasteiger partial charge in [0.25, 0.3) is 0 Å². The summed E-state index contributed by atoms with van der Waals surface area (Å²) in [6.45, 7) is 3.10. The Kier molecular flexibility index (Phi) is 6.11. The lowest BCUT2D eigenvalue weighted by Gasteiger charge is -2.19. The summed E-state index contributed by atoms with van der Waals surface area (Å²) in [6, 6.07) is 5.04. The summed E-state index contributed by atoms with van der Waals surface area (Å²) in [5.41, 5.74) is -0.761. The predicted molar refractivity (Wildman–Crippen MR) is 66.3 cm³/mol. The number of methoxy groups -OCH3 is 1. The van der Waals surface area contributed by atoms with Gasteiger partial charge in [-0.05, 0) is 18.7 Å². The molecular weight excluding hydrogens is 259 g/mol. The lowest BCUT2D eigenvalue weighted by molar-refractivity contribution is -0.139. The Labute approximate surface area is 110 Å². The minimum atomic E-state index is -4.41. The number of alkyl halides is 3. The fourth-order valence-electron chi connectivity index (χ4n) is 1.67. The number of halogens is 3. The second-order valence-electron chi connectivity index (χ2n) is 4.01. The molecule has 0 fully saturated rings. The molecule has 0 aromatic heterocycles. The predicted octanol–water partition coefficient (Wildman–Crippen LogP) is 2.71. The van der Waals surface area contributed by atoms with Gasteiger partial charge < -0.3 is 14.8 Å². The van der Waals surface area contributed by atoms with Crippen molar-refractivity contribution >= 4 is 0 Å². The zero-order chi connectivity index (χ0) is 14.3. The van der Waals surface area contributed by atoms with Crippen molar-refractivity contribution in [2.75, 3.05) is 26.9 Å². The van der Waals surface area contributed by atoms with E-state index in [9.17, 15) is 13.2 Å². The maximum absolute atomic E-state index is 12.7. The molecule has 0 aliphatic rings. The van der Waals surface area contributed by atoms with Gasteiger partial charge in [0.05, 0.1) is 18.2 Å². The summed E-state index contributed by atoms with van der Waals surface area (Å²) >= 11 is 0. The minimum absolute atomic E-state index is 0.120. The molecule has 0 spiro atoms. The van der Waals surface area contributed by atoms with Crippen LogP contribution >= 0.6 is 0 Å². The Morgan fingerprint density at radius 3 is 2.47 bits per heavy atom. The quantitative estimate of drug-likeness (QED) is 0.831. The maximum Gasteiger partial charge on any atom is 0.419 e. The average Bonchev–Trinajstić information content (AvgIpc) is 2.36. The smallest absolute Gasteiger partial charge is 0.419 e. The summed E-state index contributed by atoms with van der Waals surface area (Å²) in [7, 11) is 1.54. The number of rotatable bonds is 7. The topological polar surface area (TPSA) is 30.5 Å². The number of likely N-dealkylation sites (N-methyl/N-ethyl adjacent to an activating group) is 1. The van der Waals surface area contributed by atoms with Crippen molar-refractivity contribution in [3.8, 4) is 5.75 Å². The third kappa shape index (κ3) is 5.08. The molecule has 1 rings (SSSR count). The van der Waals surface area contributed by atoms with Crippen LogP contribution in [0.5, 0.6) is 5.75 Å². The lowest BCUT2D eigenvalue weighted by Crippen LogP contribution is -2.38. The van der Waals surface area contributed by atoms with Gasteiger partial charge in [-0.2, -0.15) is 13.2 Å². The van der Waals surface area contributed by atoms with Gasteiger partial charge in [-0.1, -0.05) is 19.1 Å². The first-order chi connectivity index (χ1) is 8.99. The monoisotopic (exact) mass is 277 g/mol. The molecule has 6 heteroatoms. The van der Waals surface area contributed by atoms with Crippen molar-refractivity contribution in [2.45, 2.75) is 19.1 Å². The van der Waals surface area contributed by atoms with Crippen LogP contribution in [0.25, 0.3) is 0 Å². The standard InChI is InChI=1S/C13H18F3NO2/c1-3-17-10(8-18-2)9-19-12-7-5-4-6-11(12)13(14,15)16/h4-7,10,17H,3,8-9H2,1-2H3. The molecule has 0 heterocycles. The number of para-hydroxylation sites is 1. The van der Waals surface area contributed by atoms with Gasteiger partial charge >= 0.3 is 6.18 Å². The second kappa shape index (κ2) is 7.35. The molecule has 0 aliphatic carbocycles. The molecule has 1 aromatic carbocycles. The van der Waals surface area contributed by atoms with E-state index in [0.29, 0.717) is 13.2 Å². The van der Waals surface area contributed by atoms with Gasteiger partial charge in [0.15, 0.2) is 0 Å². The van der Waals surface area contributed by atoms with E-state index < -0.39 is 11.7 Å². The Bertz CT molecular complexity index is 376. The third-order valence-corrected chi connectivity index (χ3v) is 2.49. The van der Waals surface area contributed by atoms with Gasteiger partial charge in [-0.3, -0.25) is 0 Å². The fraction of sp³-hybridized carbons (Fsp3) is 0.538. The highest BCUT2D eigenvalue weighted by atomic mass is 19.4. The van der Waals surface area contributed by atoms with Gasteiger partial charge in [-0.15, -0.1) is 0 Å². The first-order valence-corrected chi connectivity index (χ1v) is 6.00. The second-order valence-corrected chi connectivity index (χ2v) is 4.01. The van der Waals surface area contributed by atoms with Crippen molar-refractivity contribution in [2.24, 2.45) is 0 Å². The summed E-state index contributed by atoms with van der Waals surface area (Å²) < 4.78 is 48.5. The van der Waals surface area contributed by atoms with E-state index in [-0.39, 0.29) is 18.4 Å². The van der Waals surface area contributed by atoms with Crippen LogP contribution in [0.15, 0.2) is 24.3 Å². The number of hydrogen-bond acceptors (Lipinski definition) is 3. The molecule has 1 N–H and O–H groups in total. The molecule has 0 aliphatic heterocycles. The van der Waals surface area contributed by atoms with E-state index in [0.717, 1.165) is 6.07 Å². The molecule has 0 radical (unpaired) electrons. The molecular formula is C13H18F3NO2. The number of ether oxygens (including phenoxy) is 2. The van der Waals surface area contributed by atoms with E-state index in [4.69, 9.17) is 9.47 Å². The van der Waals surface area contributed by atoms with Gasteiger partial charge in [0.2, 0.25) is 0 Å². The summed E-state index contributed by atoms with van der Waals surface area (Å²) in [6.07, 6.45) is -4.41. The van der Waals surface area contributed by atoms with E-state index >= 15 is 0 Å². The van der Waals surface area contributed by atoms with Crippen molar-refractivity contribution in [1.82, 2.24) is 5.32 Å². The van der Waals surface area contributed by atoms with Crippen molar-refractivity contribution in [1.29, 1.82) is 0 Å². The minimum Gasteiger partial charge on any atom is -0.491 e. The number of nitrogens with one attached hydrogen (secondary N) is 1. The van der Waals surface area contributed by atoms with Gasteiger partial charge in [0, 0.05) is 7.11 Å². The van der Waals surface area contributed by atoms with E-state index in [2.05, 4.69) is 5.32 Å². The van der Waals surface area contributed by atoms with Crippen LogP contribution in [0.4, 0.5) is 13.2 Å². The summed E-state index contributed by atoms with van der Waals surface area (Å²) in [4.78, 5) is 0. The van der Waals surface area contributed by atoms with Crippen LogP contribution in [0.2, 0.25) is 0 Å². The fourth-order valence-corrected chi connectivity index (χ4v) is 1.67. The normalized spacial score (nSPS) is 13.3. The Hall–Kier alpha value is -1.27. The Morgan fingerprint density at radius 1 is 1.21 bits per heavy atom. The van der Waals surface area contributed by atoms with Crippen molar-refractivity contribution < 1.29 is 22.6 Å². The molecule has 1 unspecified atom stereocenters. The number of benzene rings is 1. The number of hydrogen-bond donors (Lipinski definition) is 1. The highest BCUT2D eigenvalue weighted by Crippen LogP contribution is 2.35. The molecule has 19 heavy (non-hydrogen) atoms. The van der Waals surface area contributed by atoms with E-state index in [1.54, 1.807) is 0 Å². The maximum atomic E-state index is 12.7. The first kappa shape index (κ1) is 15.8. The Morgan fingerprint density at radius 2 is 1.89 bits per heavy atom. The largest absolute Gasteiger partial charge is 0.491 e. The highest BCUT2D eigenvalue weighted by Gasteiger charge is 2.34. The SMILES string of the molecule is CCNC(COC)COc1ccccc1C(F)(F)F. The van der Waals surface area contributed by atoms with Crippen LogP contribution in [0.3, 0.4) is 0 Å². The zero-order valence-electron chi connectivity index (χ0n) is 11.0. The first-order valence-electron chi connectivity index (χ1n) is 6.00. The Balaban J connectivity index is 2.71. The zero-order valence-corrected chi connectivity index (χ0v) is 11.0. The molecule has 1 aromatic rings. The molecule has 3 nitrogen and oxygen atoms in total. The van der Waals surface area contributed by atoms with E-state index in [1.165, 1.54) is 25.3 Å². The van der Waals surface area contributed by atoms with Crippen LogP contribution in [-0.4, -0.2) is 32.9 Å². The van der Waals surface area contributed by atoms with Crippen LogP contribution in [0, 0.1) is 0 Å². The summed E-state index contributed by atoms with van der Waals surface area (Å²) in [5, 5.41) is 3.08. The summed E-state index contributed by atoms with van der Waals surface area (Å²) in [5.74, 6) is -0.158.